The van der Waals surface area contributed by atoms with E-state index in [1.807, 2.05) is 18.0 Å². The van der Waals surface area contributed by atoms with Crippen LogP contribution in [0.25, 0.3) is 0 Å². The van der Waals surface area contributed by atoms with Crippen molar-refractivity contribution in [2.45, 2.75) is 6.92 Å². The third-order valence-corrected chi connectivity index (χ3v) is 3.15. The second-order valence-corrected chi connectivity index (χ2v) is 4.69. The van der Waals surface area contributed by atoms with Gasteiger partial charge in [0.1, 0.15) is 5.82 Å². The summed E-state index contributed by atoms with van der Waals surface area (Å²) in [5.74, 6) is 0.693. The number of nitrogens with zero attached hydrogens (tertiary/aromatic N) is 3. The Balaban J connectivity index is 1.88. The lowest BCUT2D eigenvalue weighted by Crippen LogP contribution is -2.52. The number of hydrogen-bond donors (Lipinski definition) is 2. The molecule has 104 valence electrons. The number of likely N-dealkylation sites (N-methyl/N-ethyl adjacent to an activating group) is 1. The van der Waals surface area contributed by atoms with Crippen molar-refractivity contribution in [3.05, 3.63) is 23.9 Å². The van der Waals surface area contributed by atoms with E-state index in [0.29, 0.717) is 5.56 Å². The van der Waals surface area contributed by atoms with Crippen LogP contribution in [-0.4, -0.2) is 60.6 Å². The predicted octanol–water partition coefficient (Wildman–Crippen LogP) is 0.406. The maximum absolute atomic E-state index is 12.0. The molecule has 0 bridgehead atoms. The standard InChI is InChI=1S/C13H21N5O/c1-3-14-12-5-4-11(10-15-12)13(19)16-18-8-6-17(2)7-9-18/h4-5,10H,3,6-9H2,1-2H3,(H,14,15)(H,16,19). The molecule has 1 saturated heterocycles. The SMILES string of the molecule is CCNc1ccc(C(=O)NN2CCN(C)CC2)cn1. The van der Waals surface area contributed by atoms with Crippen LogP contribution in [0.5, 0.6) is 0 Å². The van der Waals surface area contributed by atoms with Gasteiger partial charge in [-0.2, -0.15) is 0 Å². The molecule has 1 fully saturated rings. The molecule has 0 atom stereocenters. The number of aromatic nitrogens is 1. The highest BCUT2D eigenvalue weighted by Gasteiger charge is 2.16. The molecular weight excluding hydrogens is 242 g/mol. The van der Waals surface area contributed by atoms with Gasteiger partial charge in [-0.1, -0.05) is 0 Å². The Bertz CT molecular complexity index is 412. The number of piperazine rings is 1. The number of hydrazine groups is 1. The van der Waals surface area contributed by atoms with Crippen molar-refractivity contribution in [3.8, 4) is 0 Å². The number of nitrogens with one attached hydrogen (secondary N) is 2. The van der Waals surface area contributed by atoms with E-state index in [1.54, 1.807) is 12.3 Å². The minimum atomic E-state index is -0.0971. The van der Waals surface area contributed by atoms with Gasteiger partial charge in [0.15, 0.2) is 0 Å². The van der Waals surface area contributed by atoms with Crippen LogP contribution in [0.4, 0.5) is 5.82 Å². The monoisotopic (exact) mass is 263 g/mol. The largest absolute Gasteiger partial charge is 0.370 e. The maximum Gasteiger partial charge on any atom is 0.267 e. The molecule has 0 spiro atoms. The first-order chi connectivity index (χ1) is 9.19. The van der Waals surface area contributed by atoms with E-state index in [2.05, 4.69) is 27.7 Å². The average molecular weight is 263 g/mol. The number of amides is 1. The lowest BCUT2D eigenvalue weighted by atomic mass is 10.2. The number of anilines is 1. The molecule has 1 aromatic rings. The fourth-order valence-electron chi connectivity index (χ4n) is 1.94. The van der Waals surface area contributed by atoms with E-state index in [4.69, 9.17) is 0 Å². The van der Waals surface area contributed by atoms with Gasteiger partial charge in [-0.25, -0.2) is 9.99 Å². The summed E-state index contributed by atoms with van der Waals surface area (Å²) in [5.41, 5.74) is 3.50. The first kappa shape index (κ1) is 13.8. The Morgan fingerprint density at radius 3 is 2.63 bits per heavy atom. The smallest absolute Gasteiger partial charge is 0.267 e. The van der Waals surface area contributed by atoms with Gasteiger partial charge in [0.05, 0.1) is 5.56 Å². The van der Waals surface area contributed by atoms with E-state index in [1.165, 1.54) is 0 Å². The lowest BCUT2D eigenvalue weighted by Gasteiger charge is -2.32. The van der Waals surface area contributed by atoms with Crippen molar-refractivity contribution in [1.82, 2.24) is 20.3 Å². The van der Waals surface area contributed by atoms with E-state index < -0.39 is 0 Å². The molecule has 2 N–H and O–H groups in total. The van der Waals surface area contributed by atoms with Gasteiger partial charge in [0.25, 0.3) is 5.91 Å². The lowest BCUT2D eigenvalue weighted by molar-refractivity contribution is 0.0662. The molecule has 19 heavy (non-hydrogen) atoms. The zero-order valence-corrected chi connectivity index (χ0v) is 11.5. The number of carbonyl (C=O) groups excluding carboxylic acids is 1. The highest BCUT2D eigenvalue weighted by molar-refractivity contribution is 5.93. The Morgan fingerprint density at radius 2 is 2.05 bits per heavy atom. The van der Waals surface area contributed by atoms with Crippen LogP contribution in [0.3, 0.4) is 0 Å². The molecule has 0 radical (unpaired) electrons. The van der Waals surface area contributed by atoms with Crippen LogP contribution in [0.1, 0.15) is 17.3 Å². The topological polar surface area (TPSA) is 60.5 Å². The molecule has 1 amide bonds. The molecule has 1 aliphatic heterocycles. The molecule has 0 aromatic carbocycles. The minimum Gasteiger partial charge on any atom is -0.370 e. The second kappa shape index (κ2) is 6.49. The fourth-order valence-corrected chi connectivity index (χ4v) is 1.94. The Hall–Kier alpha value is -1.66. The van der Waals surface area contributed by atoms with Crippen LogP contribution in [0.2, 0.25) is 0 Å². The Labute approximate surface area is 113 Å². The van der Waals surface area contributed by atoms with Crippen LogP contribution in [0, 0.1) is 0 Å². The second-order valence-electron chi connectivity index (χ2n) is 4.69. The third-order valence-electron chi connectivity index (χ3n) is 3.15. The summed E-state index contributed by atoms with van der Waals surface area (Å²) in [6.07, 6.45) is 1.60. The highest BCUT2D eigenvalue weighted by atomic mass is 16.2. The first-order valence-electron chi connectivity index (χ1n) is 6.63. The van der Waals surface area contributed by atoms with Crippen molar-refractivity contribution >= 4 is 11.7 Å². The fraction of sp³-hybridized carbons (Fsp3) is 0.538. The zero-order valence-electron chi connectivity index (χ0n) is 11.5. The minimum absolute atomic E-state index is 0.0971. The number of hydrogen-bond acceptors (Lipinski definition) is 5. The van der Waals surface area contributed by atoms with Crippen LogP contribution in [-0.2, 0) is 0 Å². The molecule has 6 heteroatoms. The molecule has 1 aromatic heterocycles. The van der Waals surface area contributed by atoms with Gasteiger partial charge in [-0.3, -0.25) is 10.2 Å². The summed E-state index contributed by atoms with van der Waals surface area (Å²) >= 11 is 0. The number of pyridine rings is 1. The number of carbonyl (C=O) groups is 1. The van der Waals surface area contributed by atoms with Crippen LogP contribution >= 0.6 is 0 Å². The number of rotatable bonds is 4. The molecule has 0 aliphatic carbocycles. The van der Waals surface area contributed by atoms with Gasteiger partial charge in [0.2, 0.25) is 0 Å². The summed E-state index contributed by atoms with van der Waals surface area (Å²) in [5, 5.41) is 5.06. The maximum atomic E-state index is 12.0. The summed E-state index contributed by atoms with van der Waals surface area (Å²) < 4.78 is 0. The van der Waals surface area contributed by atoms with Crippen molar-refractivity contribution in [2.24, 2.45) is 0 Å². The van der Waals surface area contributed by atoms with Gasteiger partial charge in [-0.05, 0) is 26.1 Å². The van der Waals surface area contributed by atoms with Gasteiger partial charge < -0.3 is 10.2 Å². The quantitative estimate of drug-likeness (QED) is 0.824. The molecule has 0 unspecified atom stereocenters. The normalized spacial score (nSPS) is 17.2. The summed E-state index contributed by atoms with van der Waals surface area (Å²) in [4.78, 5) is 18.5. The zero-order chi connectivity index (χ0) is 13.7. The molecule has 2 rings (SSSR count). The third kappa shape index (κ3) is 3.90. The van der Waals surface area contributed by atoms with E-state index in [0.717, 1.165) is 38.5 Å². The average Bonchev–Trinajstić information content (AvgIpc) is 2.42. The van der Waals surface area contributed by atoms with Gasteiger partial charge >= 0.3 is 0 Å². The Morgan fingerprint density at radius 1 is 1.32 bits per heavy atom. The van der Waals surface area contributed by atoms with E-state index in [9.17, 15) is 4.79 Å². The highest BCUT2D eigenvalue weighted by Crippen LogP contribution is 2.05. The predicted molar refractivity (Wildman–Crippen MR) is 74.9 cm³/mol. The summed E-state index contributed by atoms with van der Waals surface area (Å²) in [6, 6.07) is 3.61. The molecule has 0 saturated carbocycles. The molecule has 6 nitrogen and oxygen atoms in total. The molecular formula is C13H21N5O. The molecule has 2 heterocycles. The van der Waals surface area contributed by atoms with Gasteiger partial charge in [-0.15, -0.1) is 0 Å². The summed E-state index contributed by atoms with van der Waals surface area (Å²) in [6.45, 7) is 6.47. The van der Waals surface area contributed by atoms with Crippen molar-refractivity contribution in [2.75, 3.05) is 45.1 Å². The molecule has 1 aliphatic rings. The van der Waals surface area contributed by atoms with Crippen LogP contribution < -0.4 is 10.7 Å². The van der Waals surface area contributed by atoms with Crippen molar-refractivity contribution < 1.29 is 4.79 Å². The summed E-state index contributed by atoms with van der Waals surface area (Å²) in [7, 11) is 2.09. The van der Waals surface area contributed by atoms with Gasteiger partial charge in [0, 0.05) is 38.9 Å². The van der Waals surface area contributed by atoms with Crippen LogP contribution in [0.15, 0.2) is 18.3 Å². The van der Waals surface area contributed by atoms with Crippen molar-refractivity contribution in [1.29, 1.82) is 0 Å². The van der Waals surface area contributed by atoms with Crippen molar-refractivity contribution in [3.63, 3.8) is 0 Å². The Kier molecular flexibility index (Phi) is 4.70. The first-order valence-corrected chi connectivity index (χ1v) is 6.63. The van der Waals surface area contributed by atoms with E-state index in [-0.39, 0.29) is 5.91 Å². The van der Waals surface area contributed by atoms with E-state index >= 15 is 0 Å².